The summed E-state index contributed by atoms with van der Waals surface area (Å²) in [6, 6.07) is 13.0. The molecule has 9 heteroatoms. The molecule has 1 atom stereocenters. The molecule has 0 saturated carbocycles. The molecule has 0 radical (unpaired) electrons. The summed E-state index contributed by atoms with van der Waals surface area (Å²) in [6.07, 6.45) is 2.98. The number of hydrogen-bond donors (Lipinski definition) is 1. The molecule has 2 heterocycles. The molecule has 0 bridgehead atoms. The van der Waals surface area contributed by atoms with Crippen molar-refractivity contribution >= 4 is 56.4 Å². The summed E-state index contributed by atoms with van der Waals surface area (Å²) in [5, 5.41) is 12.2. The molecule has 6 nitrogen and oxygen atoms in total. The van der Waals surface area contributed by atoms with Gasteiger partial charge in [-0.1, -0.05) is 62.5 Å². The lowest BCUT2D eigenvalue weighted by molar-refractivity contribution is -0.125. The van der Waals surface area contributed by atoms with Crippen molar-refractivity contribution in [1.29, 1.82) is 0 Å². The summed E-state index contributed by atoms with van der Waals surface area (Å²) in [7, 11) is 0. The molecule has 1 aliphatic rings. The number of rotatable bonds is 5. The Morgan fingerprint density at radius 3 is 2.76 bits per heavy atom. The number of carbonyl (C=O) groups is 1. The molecule has 0 saturated heterocycles. The second-order valence-corrected chi connectivity index (χ2v) is 8.19. The third-order valence-corrected chi connectivity index (χ3v) is 5.60. The number of nitrogens with zero attached hydrogens (tertiary/aromatic N) is 3. The summed E-state index contributed by atoms with van der Waals surface area (Å²) < 4.78 is 2.60. The maximum absolute atomic E-state index is 12.5. The van der Waals surface area contributed by atoms with Gasteiger partial charge in [-0.3, -0.25) is 9.48 Å². The maximum Gasteiger partial charge on any atom is 0.268 e. The normalized spacial score (nSPS) is 15.7. The molecule has 4 rings (SSSR count). The Labute approximate surface area is 185 Å². The third kappa shape index (κ3) is 4.63. The van der Waals surface area contributed by atoms with Crippen molar-refractivity contribution in [3.63, 3.8) is 0 Å². The van der Waals surface area contributed by atoms with Crippen LogP contribution >= 0.6 is 39.1 Å². The fourth-order valence-electron chi connectivity index (χ4n) is 2.94. The van der Waals surface area contributed by atoms with Gasteiger partial charge in [0.05, 0.1) is 24.1 Å². The zero-order chi connectivity index (χ0) is 20.4. The van der Waals surface area contributed by atoms with Gasteiger partial charge in [0.25, 0.3) is 5.91 Å². The van der Waals surface area contributed by atoms with Crippen molar-refractivity contribution in [3.8, 4) is 0 Å². The minimum Gasteiger partial charge on any atom is -0.382 e. The van der Waals surface area contributed by atoms with Crippen molar-refractivity contribution in [2.45, 2.75) is 19.1 Å². The zero-order valence-electron chi connectivity index (χ0n) is 15.0. The minimum atomic E-state index is -0.689. The van der Waals surface area contributed by atoms with Gasteiger partial charge in [-0.2, -0.15) is 5.10 Å². The van der Waals surface area contributed by atoms with Crippen molar-refractivity contribution in [2.24, 2.45) is 5.16 Å². The minimum absolute atomic E-state index is 0.283. The number of anilines is 1. The zero-order valence-corrected chi connectivity index (χ0v) is 18.1. The number of amides is 1. The van der Waals surface area contributed by atoms with Gasteiger partial charge in [0.15, 0.2) is 0 Å². The molecule has 29 heavy (non-hydrogen) atoms. The molecule has 2 aromatic carbocycles. The highest BCUT2D eigenvalue weighted by Gasteiger charge is 2.29. The quantitative estimate of drug-likeness (QED) is 0.535. The van der Waals surface area contributed by atoms with Crippen LogP contribution in [0, 0.1) is 0 Å². The maximum atomic E-state index is 12.5. The average molecular weight is 494 g/mol. The van der Waals surface area contributed by atoms with Crippen LogP contribution in [0.2, 0.25) is 10.0 Å². The van der Waals surface area contributed by atoms with E-state index >= 15 is 0 Å². The smallest absolute Gasteiger partial charge is 0.268 e. The van der Waals surface area contributed by atoms with Crippen LogP contribution in [0.4, 0.5) is 5.69 Å². The highest BCUT2D eigenvalue weighted by atomic mass is 79.9. The Morgan fingerprint density at radius 2 is 2.00 bits per heavy atom. The molecule has 0 aliphatic carbocycles. The molecular weight excluding hydrogens is 479 g/mol. The Morgan fingerprint density at radius 1 is 1.24 bits per heavy atom. The lowest BCUT2D eigenvalue weighted by atomic mass is 10.0. The van der Waals surface area contributed by atoms with Crippen LogP contribution in [0.5, 0.6) is 0 Å². The van der Waals surface area contributed by atoms with E-state index in [1.807, 2.05) is 24.3 Å². The standard InChI is InChI=1S/C20H15BrCl2N4O2/c21-13-4-1-3-12(7-13)18-8-19(29-26-18)20(28)25-14-9-24-27(10-14)11-15-16(22)5-2-6-17(15)23/h1-7,9-10,19H,8,11H2,(H,25,28). The van der Waals surface area contributed by atoms with E-state index in [4.69, 9.17) is 28.0 Å². The first-order chi connectivity index (χ1) is 14.0. The Hall–Kier alpha value is -2.35. The molecule has 1 aromatic heterocycles. The van der Waals surface area contributed by atoms with Crippen molar-refractivity contribution < 1.29 is 9.63 Å². The summed E-state index contributed by atoms with van der Waals surface area (Å²) in [5.41, 5.74) is 2.97. The predicted molar refractivity (Wildman–Crippen MR) is 117 cm³/mol. The summed E-state index contributed by atoms with van der Waals surface area (Å²) in [6.45, 7) is 0.393. The van der Waals surface area contributed by atoms with E-state index in [9.17, 15) is 4.79 Å². The largest absolute Gasteiger partial charge is 0.382 e. The van der Waals surface area contributed by atoms with Gasteiger partial charge in [-0.15, -0.1) is 0 Å². The second kappa shape index (κ2) is 8.57. The summed E-state index contributed by atoms with van der Waals surface area (Å²) in [5.74, 6) is -0.283. The van der Waals surface area contributed by atoms with Crippen LogP contribution in [-0.2, 0) is 16.2 Å². The number of halogens is 3. The fourth-order valence-corrected chi connectivity index (χ4v) is 3.86. The van der Waals surface area contributed by atoms with E-state index in [1.54, 1.807) is 35.3 Å². The fraction of sp³-hybridized carbons (Fsp3) is 0.150. The van der Waals surface area contributed by atoms with Crippen LogP contribution in [0.25, 0.3) is 0 Å². The van der Waals surface area contributed by atoms with Crippen molar-refractivity contribution in [2.75, 3.05) is 5.32 Å². The van der Waals surface area contributed by atoms with Crippen LogP contribution < -0.4 is 5.32 Å². The van der Waals surface area contributed by atoms with Gasteiger partial charge >= 0.3 is 0 Å². The SMILES string of the molecule is O=C(Nc1cnn(Cc2c(Cl)cccc2Cl)c1)C1CC(c2cccc(Br)c2)=NO1. The molecule has 1 amide bonds. The molecule has 1 N–H and O–H groups in total. The monoisotopic (exact) mass is 492 g/mol. The first-order valence-corrected chi connectivity index (χ1v) is 10.3. The van der Waals surface area contributed by atoms with E-state index in [0.717, 1.165) is 21.3 Å². The van der Waals surface area contributed by atoms with E-state index < -0.39 is 6.10 Å². The molecule has 0 spiro atoms. The number of aromatic nitrogens is 2. The van der Waals surface area contributed by atoms with Crippen LogP contribution in [0.15, 0.2) is 64.5 Å². The highest BCUT2D eigenvalue weighted by molar-refractivity contribution is 9.10. The van der Waals surface area contributed by atoms with E-state index in [-0.39, 0.29) is 5.91 Å². The van der Waals surface area contributed by atoms with Gasteiger partial charge in [-0.25, -0.2) is 0 Å². The van der Waals surface area contributed by atoms with E-state index in [2.05, 4.69) is 31.5 Å². The highest BCUT2D eigenvalue weighted by Crippen LogP contribution is 2.25. The average Bonchev–Trinajstić information content (AvgIpc) is 3.35. The molecule has 148 valence electrons. The van der Waals surface area contributed by atoms with Gasteiger partial charge < -0.3 is 10.2 Å². The third-order valence-electron chi connectivity index (χ3n) is 4.40. The topological polar surface area (TPSA) is 68.5 Å². The molecule has 3 aromatic rings. The summed E-state index contributed by atoms with van der Waals surface area (Å²) in [4.78, 5) is 17.9. The number of nitrogens with one attached hydrogen (secondary N) is 1. The molecule has 1 aliphatic heterocycles. The first kappa shape index (κ1) is 19.9. The van der Waals surface area contributed by atoms with Crippen LogP contribution in [0.3, 0.4) is 0 Å². The number of oxime groups is 1. The molecule has 1 unspecified atom stereocenters. The van der Waals surface area contributed by atoms with Gasteiger partial charge in [0, 0.05) is 38.3 Å². The number of carbonyl (C=O) groups excluding carboxylic acids is 1. The van der Waals surface area contributed by atoms with Gasteiger partial charge in [0.2, 0.25) is 6.10 Å². The Kier molecular flexibility index (Phi) is 5.89. The second-order valence-electron chi connectivity index (χ2n) is 6.46. The van der Waals surface area contributed by atoms with E-state index in [0.29, 0.717) is 28.7 Å². The van der Waals surface area contributed by atoms with Gasteiger partial charge in [0.1, 0.15) is 0 Å². The van der Waals surface area contributed by atoms with E-state index in [1.165, 1.54) is 0 Å². The lowest BCUT2D eigenvalue weighted by Gasteiger charge is -2.08. The summed E-state index contributed by atoms with van der Waals surface area (Å²) >= 11 is 15.8. The number of hydrogen-bond acceptors (Lipinski definition) is 4. The molecule has 0 fully saturated rings. The number of benzene rings is 2. The first-order valence-electron chi connectivity index (χ1n) is 8.74. The van der Waals surface area contributed by atoms with Crippen LogP contribution in [0.1, 0.15) is 17.5 Å². The molecular formula is C20H15BrCl2N4O2. The van der Waals surface area contributed by atoms with Gasteiger partial charge in [-0.05, 0) is 24.3 Å². The lowest BCUT2D eigenvalue weighted by Crippen LogP contribution is -2.27. The Balaban J connectivity index is 1.38. The van der Waals surface area contributed by atoms with Crippen molar-refractivity contribution in [3.05, 3.63) is 80.5 Å². The van der Waals surface area contributed by atoms with Crippen LogP contribution in [-0.4, -0.2) is 27.5 Å². The predicted octanol–water partition coefficient (Wildman–Crippen LogP) is 5.13. The van der Waals surface area contributed by atoms with Crippen molar-refractivity contribution in [1.82, 2.24) is 9.78 Å². The Bertz CT molecular complexity index is 1080.